The smallest absolute Gasteiger partial charge is 0.255 e. The number of nitrogens with zero attached hydrogens (tertiary/aromatic N) is 1. The first-order chi connectivity index (χ1) is 15.1. The number of aromatic nitrogens is 1. The van der Waals surface area contributed by atoms with Gasteiger partial charge in [0.25, 0.3) is 5.91 Å². The van der Waals surface area contributed by atoms with Crippen molar-refractivity contribution in [1.82, 2.24) is 4.98 Å². The molecule has 0 radical (unpaired) electrons. The predicted octanol–water partition coefficient (Wildman–Crippen LogP) is 5.69. The Kier molecular flexibility index (Phi) is 7.21. The molecule has 1 aliphatic rings. The van der Waals surface area contributed by atoms with Crippen LogP contribution >= 0.6 is 23.1 Å². The van der Waals surface area contributed by atoms with Crippen LogP contribution in [0, 0.1) is 12.7 Å². The highest BCUT2D eigenvalue weighted by molar-refractivity contribution is 7.98. The van der Waals surface area contributed by atoms with Crippen molar-refractivity contribution in [2.24, 2.45) is 0 Å². The molecule has 162 valence electrons. The zero-order chi connectivity index (χ0) is 21.6. The number of anilines is 1. The van der Waals surface area contributed by atoms with Gasteiger partial charge in [-0.05, 0) is 56.2 Å². The minimum absolute atomic E-state index is 0.0341. The Morgan fingerprint density at radius 3 is 2.87 bits per heavy atom. The van der Waals surface area contributed by atoms with Gasteiger partial charge >= 0.3 is 0 Å². The van der Waals surface area contributed by atoms with Crippen LogP contribution in [0.25, 0.3) is 0 Å². The molecule has 3 aromatic rings. The minimum Gasteiger partial charge on any atom is -0.489 e. The van der Waals surface area contributed by atoms with Crippen LogP contribution in [0.15, 0.2) is 52.7 Å². The van der Waals surface area contributed by atoms with E-state index in [2.05, 4.69) is 15.7 Å². The van der Waals surface area contributed by atoms with Gasteiger partial charge in [0.1, 0.15) is 18.2 Å². The summed E-state index contributed by atoms with van der Waals surface area (Å²) in [5, 5.41) is 5.87. The Bertz CT molecular complexity index is 1030. The lowest BCUT2D eigenvalue weighted by Crippen LogP contribution is -2.18. The molecule has 1 atom stereocenters. The molecule has 4 rings (SSSR count). The third kappa shape index (κ3) is 6.06. The van der Waals surface area contributed by atoms with Crippen LogP contribution in [-0.4, -0.2) is 30.2 Å². The van der Waals surface area contributed by atoms with Crippen molar-refractivity contribution in [3.63, 3.8) is 0 Å². The fourth-order valence-electron chi connectivity index (χ4n) is 3.21. The van der Waals surface area contributed by atoms with Crippen molar-refractivity contribution in [2.75, 3.05) is 18.5 Å². The SMILES string of the molecule is Cc1nc(CSc2ccc(C(=O)Nc3cc(F)ccc3OCC3CCCO3)cc2)cs1. The maximum Gasteiger partial charge on any atom is 0.255 e. The summed E-state index contributed by atoms with van der Waals surface area (Å²) in [7, 11) is 0. The summed E-state index contributed by atoms with van der Waals surface area (Å²) in [6.45, 7) is 3.10. The van der Waals surface area contributed by atoms with Crippen molar-refractivity contribution in [1.29, 1.82) is 0 Å². The van der Waals surface area contributed by atoms with Crippen LogP contribution in [0.3, 0.4) is 0 Å². The molecule has 2 aromatic carbocycles. The van der Waals surface area contributed by atoms with Crippen LogP contribution in [0.1, 0.15) is 33.9 Å². The van der Waals surface area contributed by atoms with E-state index in [1.807, 2.05) is 19.1 Å². The Labute approximate surface area is 189 Å². The van der Waals surface area contributed by atoms with E-state index in [0.717, 1.165) is 40.8 Å². The maximum atomic E-state index is 13.8. The zero-order valence-corrected chi connectivity index (χ0v) is 18.7. The van der Waals surface area contributed by atoms with Crippen LogP contribution < -0.4 is 10.1 Å². The average molecular weight is 459 g/mol. The summed E-state index contributed by atoms with van der Waals surface area (Å²) < 4.78 is 25.1. The maximum absolute atomic E-state index is 13.8. The van der Waals surface area contributed by atoms with Gasteiger partial charge in [0.05, 0.1) is 22.5 Å². The molecule has 8 heteroatoms. The van der Waals surface area contributed by atoms with Crippen LogP contribution in [0.4, 0.5) is 10.1 Å². The molecule has 1 amide bonds. The quantitative estimate of drug-likeness (QED) is 0.439. The minimum atomic E-state index is -0.441. The predicted molar refractivity (Wildman–Crippen MR) is 122 cm³/mol. The van der Waals surface area contributed by atoms with E-state index in [4.69, 9.17) is 9.47 Å². The molecule has 0 saturated carbocycles. The lowest BCUT2D eigenvalue weighted by molar-refractivity contribution is 0.0681. The molecule has 1 fully saturated rings. The summed E-state index contributed by atoms with van der Waals surface area (Å²) >= 11 is 3.30. The number of amides is 1. The van der Waals surface area contributed by atoms with Gasteiger partial charge < -0.3 is 14.8 Å². The van der Waals surface area contributed by atoms with Gasteiger partial charge in [-0.1, -0.05) is 0 Å². The van der Waals surface area contributed by atoms with E-state index in [1.165, 1.54) is 18.2 Å². The monoisotopic (exact) mass is 458 g/mol. The number of thiazole rings is 1. The first-order valence-electron chi connectivity index (χ1n) is 10.1. The second-order valence-electron chi connectivity index (χ2n) is 7.21. The van der Waals surface area contributed by atoms with Crippen molar-refractivity contribution >= 4 is 34.7 Å². The van der Waals surface area contributed by atoms with Gasteiger partial charge in [-0.25, -0.2) is 9.37 Å². The number of carbonyl (C=O) groups is 1. The molecule has 0 bridgehead atoms. The second kappa shape index (κ2) is 10.3. The van der Waals surface area contributed by atoms with Crippen molar-refractivity contribution in [2.45, 2.75) is 36.5 Å². The highest BCUT2D eigenvalue weighted by Crippen LogP contribution is 2.28. The molecule has 2 heterocycles. The van der Waals surface area contributed by atoms with E-state index >= 15 is 0 Å². The molecule has 1 unspecified atom stereocenters. The van der Waals surface area contributed by atoms with E-state index in [9.17, 15) is 9.18 Å². The molecule has 1 aromatic heterocycles. The van der Waals surface area contributed by atoms with E-state index in [1.54, 1.807) is 35.2 Å². The fraction of sp³-hybridized carbons (Fsp3) is 0.304. The van der Waals surface area contributed by atoms with Gasteiger partial charge in [-0.2, -0.15) is 0 Å². The molecule has 0 spiro atoms. The fourth-order valence-corrected chi connectivity index (χ4v) is 4.72. The summed E-state index contributed by atoms with van der Waals surface area (Å²) in [5.74, 6) is 0.448. The van der Waals surface area contributed by atoms with E-state index in [-0.39, 0.29) is 12.0 Å². The summed E-state index contributed by atoms with van der Waals surface area (Å²) in [6, 6.07) is 11.4. The Hall–Kier alpha value is -2.42. The van der Waals surface area contributed by atoms with Crippen molar-refractivity contribution < 1.29 is 18.7 Å². The van der Waals surface area contributed by atoms with E-state index in [0.29, 0.717) is 23.6 Å². The van der Waals surface area contributed by atoms with Gasteiger partial charge in [0.2, 0.25) is 0 Å². The Morgan fingerprint density at radius 1 is 1.32 bits per heavy atom. The Balaban J connectivity index is 1.37. The third-order valence-corrected chi connectivity index (χ3v) is 6.68. The number of nitrogens with one attached hydrogen (secondary N) is 1. The number of carbonyl (C=O) groups excluding carboxylic acids is 1. The molecule has 0 aliphatic carbocycles. The number of halogens is 1. The van der Waals surface area contributed by atoms with Crippen LogP contribution in [0.5, 0.6) is 5.75 Å². The van der Waals surface area contributed by atoms with Crippen molar-refractivity contribution in [3.05, 3.63) is 69.9 Å². The molecular formula is C23H23FN2O3S2. The van der Waals surface area contributed by atoms with Gasteiger partial charge in [0.15, 0.2) is 0 Å². The standard InChI is InChI=1S/C23H23FN2O3S2/c1-15-25-18(13-30-15)14-31-20-7-4-16(5-8-20)23(27)26-21-11-17(24)6-9-22(21)29-12-19-3-2-10-28-19/h4-9,11,13,19H,2-3,10,12,14H2,1H3,(H,26,27). The number of hydrogen-bond donors (Lipinski definition) is 1. The highest BCUT2D eigenvalue weighted by Gasteiger charge is 2.18. The number of aryl methyl sites for hydroxylation is 1. The molecule has 5 nitrogen and oxygen atoms in total. The average Bonchev–Trinajstić information content (AvgIpc) is 3.44. The molecule has 1 aliphatic heterocycles. The lowest BCUT2D eigenvalue weighted by atomic mass is 10.2. The number of hydrogen-bond acceptors (Lipinski definition) is 6. The topological polar surface area (TPSA) is 60.5 Å². The second-order valence-corrected chi connectivity index (χ2v) is 9.32. The van der Waals surface area contributed by atoms with Crippen LogP contribution in [0.2, 0.25) is 0 Å². The Morgan fingerprint density at radius 2 is 2.16 bits per heavy atom. The van der Waals surface area contributed by atoms with Crippen LogP contribution in [-0.2, 0) is 10.5 Å². The summed E-state index contributed by atoms with van der Waals surface area (Å²) in [4.78, 5) is 18.2. The van der Waals surface area contributed by atoms with Crippen molar-refractivity contribution in [3.8, 4) is 5.75 Å². The first-order valence-corrected chi connectivity index (χ1v) is 11.9. The molecular weight excluding hydrogens is 435 g/mol. The molecule has 31 heavy (non-hydrogen) atoms. The van der Waals surface area contributed by atoms with Gasteiger partial charge in [0, 0.05) is 34.3 Å². The number of thioether (sulfide) groups is 1. The number of ether oxygens (including phenoxy) is 2. The summed E-state index contributed by atoms with van der Waals surface area (Å²) in [5.41, 5.74) is 1.85. The number of benzene rings is 2. The van der Waals surface area contributed by atoms with Gasteiger partial charge in [-0.15, -0.1) is 23.1 Å². The molecule has 1 N–H and O–H groups in total. The lowest BCUT2D eigenvalue weighted by Gasteiger charge is -2.15. The highest BCUT2D eigenvalue weighted by atomic mass is 32.2. The zero-order valence-electron chi connectivity index (χ0n) is 17.1. The third-order valence-electron chi connectivity index (χ3n) is 4.81. The molecule has 1 saturated heterocycles. The first kappa shape index (κ1) is 21.8. The summed E-state index contributed by atoms with van der Waals surface area (Å²) in [6.07, 6.45) is 1.99. The van der Waals surface area contributed by atoms with Gasteiger partial charge in [-0.3, -0.25) is 4.79 Å². The largest absolute Gasteiger partial charge is 0.489 e. The number of rotatable bonds is 8. The normalized spacial score (nSPS) is 15.7. The van der Waals surface area contributed by atoms with E-state index < -0.39 is 5.82 Å².